The fourth-order valence-corrected chi connectivity index (χ4v) is 1.58. The molecule has 0 saturated carbocycles. The van der Waals surface area contributed by atoms with Gasteiger partial charge in [-0.15, -0.1) is 0 Å². The van der Waals surface area contributed by atoms with Gasteiger partial charge >= 0.3 is 5.97 Å². The summed E-state index contributed by atoms with van der Waals surface area (Å²) in [4.78, 5) is 10.4. The molecule has 0 radical (unpaired) electrons. The second kappa shape index (κ2) is 5.73. The first-order valence-electron chi connectivity index (χ1n) is 4.81. The smallest absolute Gasteiger partial charge is 0.303 e. The average Bonchev–Trinajstić information content (AvgIpc) is 2.21. The fraction of sp³-hybridized carbons (Fsp3) is 0.364. The van der Waals surface area contributed by atoms with Crippen LogP contribution in [-0.2, 0) is 4.79 Å². The van der Waals surface area contributed by atoms with Crippen LogP contribution in [0, 0.1) is 0 Å². The Balaban J connectivity index is 2.65. The van der Waals surface area contributed by atoms with Gasteiger partial charge in [0.2, 0.25) is 0 Å². The molecule has 15 heavy (non-hydrogen) atoms. The molecule has 0 heterocycles. The highest BCUT2D eigenvalue weighted by Crippen LogP contribution is 2.21. The van der Waals surface area contributed by atoms with E-state index >= 15 is 0 Å². The van der Waals surface area contributed by atoms with Gasteiger partial charge in [0, 0.05) is 11.4 Å². The molecule has 82 valence electrons. The molecule has 1 aromatic rings. The Morgan fingerprint density at radius 3 is 2.47 bits per heavy atom. The number of rotatable bonds is 5. The lowest BCUT2D eigenvalue weighted by Crippen LogP contribution is -2.13. The maximum absolute atomic E-state index is 10.4. The zero-order valence-electron chi connectivity index (χ0n) is 8.32. The van der Waals surface area contributed by atoms with Crippen molar-refractivity contribution in [3.63, 3.8) is 0 Å². The van der Waals surface area contributed by atoms with Gasteiger partial charge in [-0.25, -0.2) is 0 Å². The Kier molecular flexibility index (Phi) is 4.59. The molecule has 0 aliphatic rings. The molecule has 1 atom stereocenters. The van der Waals surface area contributed by atoms with Crippen LogP contribution in [0.2, 0.25) is 5.02 Å². The summed E-state index contributed by atoms with van der Waals surface area (Å²) in [5.41, 5.74) is 6.65. The molecule has 0 unspecified atom stereocenters. The van der Waals surface area contributed by atoms with Crippen molar-refractivity contribution in [2.24, 2.45) is 5.73 Å². The predicted octanol–water partition coefficient (Wildman–Crippen LogP) is 2.25. The van der Waals surface area contributed by atoms with Crippen molar-refractivity contribution in [2.45, 2.75) is 18.8 Å². The average molecular weight is 228 g/mol. The van der Waals surface area contributed by atoms with Crippen LogP contribution in [0.3, 0.4) is 0 Å². The van der Waals surface area contributed by atoms with Crippen molar-refractivity contribution >= 4 is 17.6 Å². The van der Waals surface area contributed by atoms with Crippen molar-refractivity contribution in [3.05, 3.63) is 34.9 Å². The molecular weight excluding hydrogens is 214 g/mol. The van der Waals surface area contributed by atoms with Crippen LogP contribution in [0.25, 0.3) is 0 Å². The second-order valence-corrected chi connectivity index (χ2v) is 3.85. The van der Waals surface area contributed by atoms with E-state index in [2.05, 4.69) is 0 Å². The zero-order chi connectivity index (χ0) is 11.3. The summed E-state index contributed by atoms with van der Waals surface area (Å²) in [6.45, 7) is 0.453. The number of carbonyl (C=O) groups is 1. The predicted molar refractivity (Wildman–Crippen MR) is 60.1 cm³/mol. The minimum atomic E-state index is -0.789. The molecule has 0 spiro atoms. The normalized spacial score (nSPS) is 12.4. The Labute approximate surface area is 93.9 Å². The Morgan fingerprint density at radius 2 is 2.00 bits per heavy atom. The van der Waals surface area contributed by atoms with E-state index in [4.69, 9.17) is 22.4 Å². The van der Waals surface area contributed by atoms with Gasteiger partial charge < -0.3 is 10.8 Å². The highest BCUT2D eigenvalue weighted by Gasteiger charge is 2.11. The quantitative estimate of drug-likeness (QED) is 0.811. The summed E-state index contributed by atoms with van der Waals surface area (Å²) in [6.07, 6.45) is 0.706. The number of carboxylic acid groups (broad SMARTS) is 1. The minimum Gasteiger partial charge on any atom is -0.481 e. The number of benzene rings is 1. The molecule has 1 aromatic carbocycles. The van der Waals surface area contributed by atoms with Crippen molar-refractivity contribution in [2.75, 3.05) is 6.54 Å². The van der Waals surface area contributed by atoms with E-state index in [9.17, 15) is 4.79 Å². The van der Waals surface area contributed by atoms with Gasteiger partial charge in [0.25, 0.3) is 0 Å². The van der Waals surface area contributed by atoms with Gasteiger partial charge in [0.05, 0.1) is 0 Å². The lowest BCUT2D eigenvalue weighted by atomic mass is 9.94. The van der Waals surface area contributed by atoms with E-state index in [-0.39, 0.29) is 12.3 Å². The molecule has 3 nitrogen and oxygen atoms in total. The number of aliphatic carboxylic acids is 1. The first kappa shape index (κ1) is 12.0. The van der Waals surface area contributed by atoms with Crippen LogP contribution in [0.5, 0.6) is 0 Å². The van der Waals surface area contributed by atoms with Crippen molar-refractivity contribution in [1.82, 2.24) is 0 Å². The Bertz CT molecular complexity index is 324. The van der Waals surface area contributed by atoms with Gasteiger partial charge in [-0.05, 0) is 36.6 Å². The fourth-order valence-electron chi connectivity index (χ4n) is 1.45. The van der Waals surface area contributed by atoms with Crippen LogP contribution in [-0.4, -0.2) is 17.6 Å². The number of nitrogens with two attached hydrogens (primary N) is 1. The third-order valence-electron chi connectivity index (χ3n) is 2.33. The standard InChI is InChI=1S/C11H14ClNO2/c12-10-4-1-8(2-5-10)9(7-13)3-6-11(14)15/h1-2,4-5,9H,3,6-7,13H2,(H,14,15)/t9-/m0/s1. The van der Waals surface area contributed by atoms with Crippen LogP contribution >= 0.6 is 11.6 Å². The third kappa shape index (κ3) is 3.90. The van der Waals surface area contributed by atoms with E-state index in [1.54, 1.807) is 12.1 Å². The molecule has 4 heteroatoms. The lowest BCUT2D eigenvalue weighted by molar-refractivity contribution is -0.137. The molecule has 0 aromatic heterocycles. The number of carboxylic acids is 1. The van der Waals surface area contributed by atoms with Gasteiger partial charge in [0.1, 0.15) is 0 Å². The van der Waals surface area contributed by atoms with Gasteiger partial charge in [-0.1, -0.05) is 23.7 Å². The van der Waals surface area contributed by atoms with Crippen LogP contribution in [0.1, 0.15) is 24.3 Å². The number of hydrogen-bond donors (Lipinski definition) is 2. The van der Waals surface area contributed by atoms with Crippen LogP contribution < -0.4 is 5.73 Å². The summed E-state index contributed by atoms with van der Waals surface area (Å²) < 4.78 is 0. The number of hydrogen-bond acceptors (Lipinski definition) is 2. The first-order valence-corrected chi connectivity index (χ1v) is 5.18. The van der Waals surface area contributed by atoms with Crippen molar-refractivity contribution in [3.8, 4) is 0 Å². The van der Waals surface area contributed by atoms with E-state index in [0.29, 0.717) is 18.0 Å². The molecular formula is C11H14ClNO2. The Morgan fingerprint density at radius 1 is 1.40 bits per heavy atom. The van der Waals surface area contributed by atoms with Crippen molar-refractivity contribution in [1.29, 1.82) is 0 Å². The molecule has 0 amide bonds. The molecule has 0 saturated heterocycles. The second-order valence-electron chi connectivity index (χ2n) is 3.42. The third-order valence-corrected chi connectivity index (χ3v) is 2.58. The summed E-state index contributed by atoms with van der Waals surface area (Å²) in [6, 6.07) is 7.37. The first-order chi connectivity index (χ1) is 7.13. The summed E-state index contributed by atoms with van der Waals surface area (Å²) in [5.74, 6) is -0.694. The molecule has 3 N–H and O–H groups in total. The van der Waals surface area contributed by atoms with Gasteiger partial charge in [-0.2, -0.15) is 0 Å². The van der Waals surface area contributed by atoms with E-state index < -0.39 is 5.97 Å². The molecule has 0 aliphatic carbocycles. The van der Waals surface area contributed by atoms with Gasteiger partial charge in [-0.3, -0.25) is 4.79 Å². The summed E-state index contributed by atoms with van der Waals surface area (Å²) >= 11 is 5.76. The largest absolute Gasteiger partial charge is 0.481 e. The SMILES string of the molecule is NC[C@H](CCC(=O)O)c1ccc(Cl)cc1. The summed E-state index contributed by atoms with van der Waals surface area (Å²) in [7, 11) is 0. The van der Waals surface area contributed by atoms with Crippen molar-refractivity contribution < 1.29 is 9.90 Å². The maximum Gasteiger partial charge on any atom is 0.303 e. The highest BCUT2D eigenvalue weighted by atomic mass is 35.5. The highest BCUT2D eigenvalue weighted by molar-refractivity contribution is 6.30. The minimum absolute atomic E-state index is 0.0957. The van der Waals surface area contributed by atoms with E-state index in [0.717, 1.165) is 5.56 Å². The lowest BCUT2D eigenvalue weighted by Gasteiger charge is -2.13. The number of halogens is 1. The Hall–Kier alpha value is -1.06. The van der Waals surface area contributed by atoms with Crippen LogP contribution in [0.4, 0.5) is 0 Å². The van der Waals surface area contributed by atoms with E-state index in [1.165, 1.54) is 0 Å². The molecule has 0 fully saturated rings. The zero-order valence-corrected chi connectivity index (χ0v) is 9.07. The maximum atomic E-state index is 10.4. The molecule has 1 rings (SSSR count). The van der Waals surface area contributed by atoms with E-state index in [1.807, 2.05) is 12.1 Å². The topological polar surface area (TPSA) is 63.3 Å². The molecule has 0 bridgehead atoms. The summed E-state index contributed by atoms with van der Waals surface area (Å²) in [5, 5.41) is 9.26. The monoisotopic (exact) mass is 227 g/mol. The van der Waals surface area contributed by atoms with Gasteiger partial charge in [0.15, 0.2) is 0 Å². The molecule has 0 aliphatic heterocycles. The van der Waals surface area contributed by atoms with Crippen LogP contribution in [0.15, 0.2) is 24.3 Å².